The van der Waals surface area contributed by atoms with Gasteiger partial charge in [-0.3, -0.25) is 4.79 Å². The van der Waals surface area contributed by atoms with E-state index in [1.54, 1.807) is 6.92 Å². The lowest BCUT2D eigenvalue weighted by Gasteiger charge is -2.16. The van der Waals surface area contributed by atoms with Crippen molar-refractivity contribution >= 4 is 5.78 Å². The summed E-state index contributed by atoms with van der Waals surface area (Å²) < 4.78 is 55.8. The number of hydrogen-bond acceptors (Lipinski definition) is 2. The van der Waals surface area contributed by atoms with Crippen molar-refractivity contribution in [1.82, 2.24) is 0 Å². The van der Waals surface area contributed by atoms with Gasteiger partial charge in [0.2, 0.25) is 0 Å². The number of ether oxygens (including phenoxy) is 1. The number of methoxy groups -OCH3 is 1. The lowest BCUT2D eigenvalue weighted by molar-refractivity contribution is -0.138. The maximum Gasteiger partial charge on any atom is 0.416 e. The quantitative estimate of drug-likeness (QED) is 0.763. The van der Waals surface area contributed by atoms with Crippen molar-refractivity contribution in [3.05, 3.63) is 35.1 Å². The molecular weight excluding hydrogens is 264 g/mol. The zero-order valence-corrected chi connectivity index (χ0v) is 10.6. The highest BCUT2D eigenvalue weighted by atomic mass is 19.4. The van der Waals surface area contributed by atoms with Gasteiger partial charge in [0.15, 0.2) is 5.78 Å². The van der Waals surface area contributed by atoms with Gasteiger partial charge in [0.05, 0.1) is 5.56 Å². The van der Waals surface area contributed by atoms with E-state index in [-0.39, 0.29) is 17.8 Å². The second kappa shape index (κ2) is 6.14. The van der Waals surface area contributed by atoms with Gasteiger partial charge in [-0.25, -0.2) is 4.39 Å². The molecule has 2 nitrogen and oxygen atoms in total. The van der Waals surface area contributed by atoms with Crippen LogP contribution in [0.3, 0.4) is 0 Å². The predicted molar refractivity (Wildman–Crippen MR) is 61.1 cm³/mol. The molecule has 0 bridgehead atoms. The maximum absolute atomic E-state index is 13.2. The number of alkyl halides is 3. The van der Waals surface area contributed by atoms with Crippen LogP contribution in [0, 0.1) is 5.82 Å². The zero-order valence-electron chi connectivity index (χ0n) is 10.6. The van der Waals surface area contributed by atoms with Gasteiger partial charge in [-0.2, -0.15) is 13.2 Å². The van der Waals surface area contributed by atoms with Gasteiger partial charge in [0.1, 0.15) is 11.9 Å². The molecule has 1 rings (SSSR count). The Morgan fingerprint density at radius 2 is 1.95 bits per heavy atom. The van der Waals surface area contributed by atoms with Crippen LogP contribution in [0.2, 0.25) is 0 Å². The summed E-state index contributed by atoms with van der Waals surface area (Å²) in [4.78, 5) is 11.7. The van der Waals surface area contributed by atoms with E-state index in [4.69, 9.17) is 4.74 Å². The Labute approximate surface area is 108 Å². The molecule has 0 saturated carbocycles. The van der Waals surface area contributed by atoms with Crippen LogP contribution < -0.4 is 0 Å². The Morgan fingerprint density at radius 1 is 1.32 bits per heavy atom. The zero-order chi connectivity index (χ0) is 14.6. The third-order valence-corrected chi connectivity index (χ3v) is 2.57. The molecule has 1 aromatic rings. The molecule has 6 heteroatoms. The third kappa shape index (κ3) is 4.02. The van der Waals surface area contributed by atoms with Crippen molar-refractivity contribution in [3.8, 4) is 0 Å². The Kier molecular flexibility index (Phi) is 5.05. The molecule has 0 aliphatic rings. The molecular formula is C13H14F4O2. The molecule has 106 valence electrons. The number of Topliss-reactive ketones (excluding diaryl/α,β-unsaturated/α-hetero) is 1. The number of rotatable bonds is 5. The Bertz CT molecular complexity index is 454. The molecule has 1 unspecified atom stereocenters. The number of hydrogen-bond donors (Lipinski definition) is 0. The van der Waals surface area contributed by atoms with Crippen molar-refractivity contribution in [2.45, 2.75) is 32.0 Å². The van der Waals surface area contributed by atoms with E-state index in [9.17, 15) is 22.4 Å². The molecule has 0 heterocycles. The summed E-state index contributed by atoms with van der Waals surface area (Å²) in [5, 5.41) is 0. The second-order valence-corrected chi connectivity index (χ2v) is 4.10. The van der Waals surface area contributed by atoms with E-state index in [1.807, 2.05) is 0 Å². The van der Waals surface area contributed by atoms with E-state index in [0.717, 1.165) is 12.1 Å². The molecule has 1 aromatic carbocycles. The molecule has 0 aliphatic carbocycles. The summed E-state index contributed by atoms with van der Waals surface area (Å²) in [7, 11) is 1.20. The average molecular weight is 278 g/mol. The van der Waals surface area contributed by atoms with Crippen molar-refractivity contribution in [1.29, 1.82) is 0 Å². The standard InChI is InChI=1S/C13H14F4O2/c1-3-4-11(18)12(19-2)8-5-9(13(15,16)17)7-10(14)6-8/h5-7,12H,3-4H2,1-2H3. The van der Waals surface area contributed by atoms with Crippen LogP contribution in [-0.4, -0.2) is 12.9 Å². The average Bonchev–Trinajstić information content (AvgIpc) is 2.28. The highest BCUT2D eigenvalue weighted by Crippen LogP contribution is 2.32. The van der Waals surface area contributed by atoms with Crippen LogP contribution in [0.25, 0.3) is 0 Å². The fourth-order valence-corrected chi connectivity index (χ4v) is 1.76. The molecule has 0 N–H and O–H groups in total. The fraction of sp³-hybridized carbons (Fsp3) is 0.462. The minimum atomic E-state index is -4.66. The first-order valence-corrected chi connectivity index (χ1v) is 5.72. The van der Waals surface area contributed by atoms with Crippen LogP contribution in [0.5, 0.6) is 0 Å². The summed E-state index contributed by atoms with van der Waals surface area (Å²) in [5.74, 6) is -1.42. The molecule has 0 aromatic heterocycles. The minimum absolute atomic E-state index is 0.117. The summed E-state index contributed by atoms with van der Waals surface area (Å²) in [6.07, 6.45) is -5.13. The normalized spacial score (nSPS) is 13.4. The molecule has 0 aliphatic heterocycles. The van der Waals surface area contributed by atoms with E-state index in [1.165, 1.54) is 7.11 Å². The van der Waals surface area contributed by atoms with Gasteiger partial charge in [0, 0.05) is 13.5 Å². The maximum atomic E-state index is 13.2. The monoisotopic (exact) mass is 278 g/mol. The van der Waals surface area contributed by atoms with Gasteiger partial charge < -0.3 is 4.74 Å². The van der Waals surface area contributed by atoms with E-state index >= 15 is 0 Å². The molecule has 0 spiro atoms. The number of benzene rings is 1. The van der Waals surface area contributed by atoms with Crippen LogP contribution in [0.4, 0.5) is 17.6 Å². The first kappa shape index (κ1) is 15.6. The molecule has 0 saturated heterocycles. The fourth-order valence-electron chi connectivity index (χ4n) is 1.76. The van der Waals surface area contributed by atoms with Crippen molar-refractivity contribution in [2.75, 3.05) is 7.11 Å². The van der Waals surface area contributed by atoms with E-state index in [0.29, 0.717) is 12.5 Å². The minimum Gasteiger partial charge on any atom is -0.369 e. The molecule has 19 heavy (non-hydrogen) atoms. The Morgan fingerprint density at radius 3 is 2.42 bits per heavy atom. The lowest BCUT2D eigenvalue weighted by atomic mass is 10.00. The summed E-state index contributed by atoms with van der Waals surface area (Å²) in [6.45, 7) is 1.76. The van der Waals surface area contributed by atoms with Crippen molar-refractivity contribution in [3.63, 3.8) is 0 Å². The summed E-state index contributed by atoms with van der Waals surface area (Å²) >= 11 is 0. The van der Waals surface area contributed by atoms with Gasteiger partial charge in [-0.1, -0.05) is 6.92 Å². The third-order valence-electron chi connectivity index (χ3n) is 2.57. The van der Waals surface area contributed by atoms with Gasteiger partial charge in [-0.15, -0.1) is 0 Å². The largest absolute Gasteiger partial charge is 0.416 e. The van der Waals surface area contributed by atoms with Crippen LogP contribution in [-0.2, 0) is 15.7 Å². The highest BCUT2D eigenvalue weighted by molar-refractivity contribution is 5.84. The van der Waals surface area contributed by atoms with Gasteiger partial charge in [-0.05, 0) is 30.2 Å². The topological polar surface area (TPSA) is 26.3 Å². The smallest absolute Gasteiger partial charge is 0.369 e. The second-order valence-electron chi connectivity index (χ2n) is 4.10. The van der Waals surface area contributed by atoms with E-state index < -0.39 is 23.7 Å². The molecule has 0 amide bonds. The highest BCUT2D eigenvalue weighted by Gasteiger charge is 2.32. The first-order valence-electron chi connectivity index (χ1n) is 5.72. The molecule has 0 radical (unpaired) electrons. The van der Waals surface area contributed by atoms with Crippen LogP contribution in [0.1, 0.15) is 37.0 Å². The Balaban J connectivity index is 3.18. The van der Waals surface area contributed by atoms with Crippen LogP contribution >= 0.6 is 0 Å². The van der Waals surface area contributed by atoms with Crippen molar-refractivity contribution < 1.29 is 27.1 Å². The molecule has 1 atom stereocenters. The van der Waals surface area contributed by atoms with Crippen molar-refractivity contribution in [2.24, 2.45) is 0 Å². The number of carbonyl (C=O) groups is 1. The lowest BCUT2D eigenvalue weighted by Crippen LogP contribution is -2.16. The summed E-state index contributed by atoms with van der Waals surface area (Å²) in [6, 6.07) is 2.02. The Hall–Kier alpha value is -1.43. The van der Waals surface area contributed by atoms with Gasteiger partial charge in [0.25, 0.3) is 0 Å². The SMILES string of the molecule is CCCC(=O)C(OC)c1cc(F)cc(C(F)(F)F)c1. The number of carbonyl (C=O) groups excluding carboxylic acids is 1. The summed E-state index contributed by atoms with van der Waals surface area (Å²) in [5.41, 5.74) is -1.25. The van der Waals surface area contributed by atoms with E-state index in [2.05, 4.69) is 0 Å². The van der Waals surface area contributed by atoms with Crippen LogP contribution in [0.15, 0.2) is 18.2 Å². The van der Waals surface area contributed by atoms with Gasteiger partial charge >= 0.3 is 6.18 Å². The number of halogens is 4. The first-order chi connectivity index (χ1) is 8.79. The predicted octanol–water partition coefficient (Wildman–Crippen LogP) is 3.90. The molecule has 0 fully saturated rings. The number of ketones is 1.